The summed E-state index contributed by atoms with van der Waals surface area (Å²) in [6, 6.07) is 13.4. The van der Waals surface area contributed by atoms with Gasteiger partial charge in [-0.05, 0) is 43.0 Å². The van der Waals surface area contributed by atoms with E-state index in [9.17, 15) is 4.79 Å². The van der Waals surface area contributed by atoms with Gasteiger partial charge in [0.2, 0.25) is 0 Å². The first-order valence-electron chi connectivity index (χ1n) is 9.80. The molecule has 0 atom stereocenters. The highest BCUT2D eigenvalue weighted by molar-refractivity contribution is 5.68. The number of fused-ring (bicyclic) bond motifs is 1. The fraction of sp³-hybridized carbons (Fsp3) is 0.304. The Morgan fingerprint density at radius 1 is 1.07 bits per heavy atom. The van der Waals surface area contributed by atoms with Gasteiger partial charge in [-0.25, -0.2) is 4.79 Å². The number of ether oxygens (including phenoxy) is 3. The van der Waals surface area contributed by atoms with Crippen molar-refractivity contribution in [1.29, 1.82) is 0 Å². The Balaban J connectivity index is 1.45. The van der Waals surface area contributed by atoms with Gasteiger partial charge in [0.25, 0.3) is 0 Å². The summed E-state index contributed by atoms with van der Waals surface area (Å²) in [4.78, 5) is 10.8. The number of nitrogens with zero attached hydrogens (tertiary/aromatic N) is 1. The maximum absolute atomic E-state index is 10.8. The number of aliphatic carboxylic acids is 1. The molecule has 7 heteroatoms. The number of benzene rings is 2. The van der Waals surface area contributed by atoms with Crippen LogP contribution in [0, 0.1) is 0 Å². The van der Waals surface area contributed by atoms with Gasteiger partial charge in [-0.3, -0.25) is 0 Å². The fourth-order valence-corrected chi connectivity index (χ4v) is 3.70. The Bertz CT molecular complexity index is 1040. The van der Waals surface area contributed by atoms with E-state index in [-0.39, 0.29) is 13.2 Å². The maximum atomic E-state index is 10.8. The number of hydrogen-bond donors (Lipinski definition) is 1. The van der Waals surface area contributed by atoms with Gasteiger partial charge in [0.15, 0.2) is 12.4 Å². The van der Waals surface area contributed by atoms with Crippen LogP contribution in [0.4, 0.5) is 0 Å². The van der Waals surface area contributed by atoms with Crippen LogP contribution >= 0.6 is 0 Å². The smallest absolute Gasteiger partial charge is 0.341 e. The molecule has 7 nitrogen and oxygen atoms in total. The number of hydrogen-bond acceptors (Lipinski definition) is 6. The predicted octanol–water partition coefficient (Wildman–Crippen LogP) is 4.02. The van der Waals surface area contributed by atoms with Gasteiger partial charge >= 0.3 is 5.97 Å². The minimum Gasteiger partial charge on any atom is -0.487 e. The minimum atomic E-state index is -0.989. The quantitative estimate of drug-likeness (QED) is 0.571. The van der Waals surface area contributed by atoms with Crippen LogP contribution in [0.2, 0.25) is 0 Å². The number of aromatic nitrogens is 1. The third kappa shape index (κ3) is 4.46. The molecule has 0 saturated heterocycles. The molecule has 0 saturated carbocycles. The highest BCUT2D eigenvalue weighted by Gasteiger charge is 2.21. The zero-order chi connectivity index (χ0) is 20.9. The summed E-state index contributed by atoms with van der Waals surface area (Å²) in [6.45, 7) is 0.470. The van der Waals surface area contributed by atoms with Crippen molar-refractivity contribution in [3.63, 3.8) is 0 Å². The van der Waals surface area contributed by atoms with E-state index in [2.05, 4.69) is 5.16 Å². The van der Waals surface area contributed by atoms with Crippen molar-refractivity contribution in [3.05, 3.63) is 64.8 Å². The average Bonchev–Trinajstić information content (AvgIpc) is 3.41. The van der Waals surface area contributed by atoms with Crippen molar-refractivity contribution in [2.75, 3.05) is 13.7 Å². The molecule has 1 aliphatic rings. The van der Waals surface area contributed by atoms with E-state index in [1.54, 1.807) is 13.2 Å². The summed E-state index contributed by atoms with van der Waals surface area (Å²) < 4.78 is 22.1. The third-order valence-corrected chi connectivity index (χ3v) is 5.01. The van der Waals surface area contributed by atoms with Gasteiger partial charge in [-0.2, -0.15) is 0 Å². The van der Waals surface area contributed by atoms with Crippen LogP contribution in [0.5, 0.6) is 11.5 Å². The number of methoxy groups -OCH3 is 1. The molecule has 0 bridgehead atoms. The summed E-state index contributed by atoms with van der Waals surface area (Å²) in [5.74, 6) is 1.08. The molecule has 3 aromatic rings. The van der Waals surface area contributed by atoms with Crippen LogP contribution in [0.15, 0.2) is 47.0 Å². The molecular formula is C23H23NO6. The lowest BCUT2D eigenvalue weighted by Gasteiger charge is -2.13. The monoisotopic (exact) mass is 409 g/mol. The van der Waals surface area contributed by atoms with Crippen molar-refractivity contribution in [2.45, 2.75) is 32.5 Å². The number of rotatable bonds is 9. The van der Waals surface area contributed by atoms with Crippen molar-refractivity contribution in [1.82, 2.24) is 5.16 Å². The standard InChI is InChI=1S/C23H23NO6/c1-27-12-15-4-2-5-16(10-15)22-11-17(24-30-22)13-28-20-8-9-21(29-14-23(25)26)19-7-3-6-18(19)20/h2,4-5,8-11H,3,6-7,12-14H2,1H3,(H,25,26). The van der Waals surface area contributed by atoms with E-state index in [0.29, 0.717) is 23.8 Å². The molecular weight excluding hydrogens is 386 g/mol. The minimum absolute atomic E-state index is 0.281. The normalized spacial score (nSPS) is 12.6. The molecule has 0 fully saturated rings. The summed E-state index contributed by atoms with van der Waals surface area (Å²) in [5, 5.41) is 13.0. The second kappa shape index (κ2) is 9.00. The molecule has 1 aromatic heterocycles. The lowest BCUT2D eigenvalue weighted by Crippen LogP contribution is -2.10. The van der Waals surface area contributed by atoms with E-state index >= 15 is 0 Å². The van der Waals surface area contributed by atoms with Crippen LogP contribution in [-0.2, 0) is 35.6 Å². The van der Waals surface area contributed by atoms with Crippen LogP contribution in [0.1, 0.15) is 28.8 Å². The first kappa shape index (κ1) is 20.0. The van der Waals surface area contributed by atoms with E-state index in [1.807, 2.05) is 36.4 Å². The number of carboxylic acids is 1. The summed E-state index contributed by atoms with van der Waals surface area (Å²) in [7, 11) is 1.66. The van der Waals surface area contributed by atoms with Crippen molar-refractivity contribution in [3.8, 4) is 22.8 Å². The zero-order valence-corrected chi connectivity index (χ0v) is 16.7. The molecule has 1 heterocycles. The van der Waals surface area contributed by atoms with Gasteiger partial charge in [0.05, 0.1) is 6.61 Å². The predicted molar refractivity (Wildman–Crippen MR) is 109 cm³/mol. The second-order valence-electron chi connectivity index (χ2n) is 7.16. The topological polar surface area (TPSA) is 91.0 Å². The fourth-order valence-electron chi connectivity index (χ4n) is 3.70. The summed E-state index contributed by atoms with van der Waals surface area (Å²) >= 11 is 0. The summed E-state index contributed by atoms with van der Waals surface area (Å²) in [5.41, 5.74) is 4.80. The Labute approximate surface area is 174 Å². The molecule has 0 radical (unpaired) electrons. The SMILES string of the molecule is COCc1cccc(-c2cc(COc3ccc(OCC(=O)O)c4c3CCC4)no2)c1. The van der Waals surface area contributed by atoms with Crippen molar-refractivity contribution < 1.29 is 28.6 Å². The molecule has 0 spiro atoms. The first-order chi connectivity index (χ1) is 14.6. The Hall–Kier alpha value is -3.32. The van der Waals surface area contributed by atoms with Crippen LogP contribution in [0.25, 0.3) is 11.3 Å². The molecule has 1 N–H and O–H groups in total. The molecule has 0 unspecified atom stereocenters. The Kier molecular flexibility index (Phi) is 5.99. The third-order valence-electron chi connectivity index (χ3n) is 5.01. The van der Waals surface area contributed by atoms with Gasteiger partial charge in [0.1, 0.15) is 23.8 Å². The van der Waals surface area contributed by atoms with Gasteiger partial charge in [-0.15, -0.1) is 0 Å². The molecule has 0 aliphatic heterocycles. The Morgan fingerprint density at radius 3 is 2.57 bits per heavy atom. The Morgan fingerprint density at radius 2 is 1.83 bits per heavy atom. The number of carboxylic acid groups (broad SMARTS) is 1. The van der Waals surface area contributed by atoms with Gasteiger partial charge < -0.3 is 23.8 Å². The second-order valence-corrected chi connectivity index (χ2v) is 7.16. The maximum Gasteiger partial charge on any atom is 0.341 e. The highest BCUT2D eigenvalue weighted by Crippen LogP contribution is 2.37. The van der Waals surface area contributed by atoms with Crippen molar-refractivity contribution in [2.24, 2.45) is 0 Å². The highest BCUT2D eigenvalue weighted by atomic mass is 16.5. The van der Waals surface area contributed by atoms with Gasteiger partial charge in [0, 0.05) is 29.9 Å². The van der Waals surface area contributed by atoms with Crippen molar-refractivity contribution >= 4 is 5.97 Å². The molecule has 4 rings (SSSR count). The molecule has 1 aliphatic carbocycles. The number of carbonyl (C=O) groups is 1. The van der Waals surface area contributed by atoms with E-state index in [1.165, 1.54) is 0 Å². The van der Waals surface area contributed by atoms with Crippen LogP contribution in [0.3, 0.4) is 0 Å². The largest absolute Gasteiger partial charge is 0.487 e. The average molecular weight is 409 g/mol. The first-order valence-corrected chi connectivity index (χ1v) is 9.80. The summed E-state index contributed by atoms with van der Waals surface area (Å²) in [6.07, 6.45) is 2.73. The molecule has 0 amide bonds. The lowest BCUT2D eigenvalue weighted by atomic mass is 10.1. The van der Waals surface area contributed by atoms with Crippen LogP contribution in [-0.4, -0.2) is 29.9 Å². The zero-order valence-electron chi connectivity index (χ0n) is 16.7. The molecule has 2 aromatic carbocycles. The molecule has 156 valence electrons. The van der Waals surface area contributed by atoms with Crippen LogP contribution < -0.4 is 9.47 Å². The van der Waals surface area contributed by atoms with E-state index in [4.69, 9.17) is 23.8 Å². The van der Waals surface area contributed by atoms with E-state index < -0.39 is 5.97 Å². The molecule has 30 heavy (non-hydrogen) atoms. The van der Waals surface area contributed by atoms with E-state index in [0.717, 1.165) is 47.3 Å². The van der Waals surface area contributed by atoms with Gasteiger partial charge in [-0.1, -0.05) is 23.4 Å². The lowest BCUT2D eigenvalue weighted by molar-refractivity contribution is -0.139.